The van der Waals surface area contributed by atoms with Crippen LogP contribution in [-0.4, -0.2) is 4.98 Å². The second-order valence-electron chi connectivity index (χ2n) is 4.79. The first-order chi connectivity index (χ1) is 9.16. The van der Waals surface area contributed by atoms with Crippen LogP contribution in [0.3, 0.4) is 0 Å². The fourth-order valence-corrected chi connectivity index (χ4v) is 3.35. The number of para-hydroxylation sites is 1. The average molecular weight is 268 g/mol. The largest absolute Gasteiger partial charge is 0.320 e. The molecule has 2 aromatic heterocycles. The summed E-state index contributed by atoms with van der Waals surface area (Å²) in [7, 11) is 0. The van der Waals surface area contributed by atoms with E-state index in [-0.39, 0.29) is 6.04 Å². The smallest absolute Gasteiger partial charge is 0.0753 e. The molecule has 0 amide bonds. The van der Waals surface area contributed by atoms with Gasteiger partial charge in [0.05, 0.1) is 11.6 Å². The minimum Gasteiger partial charge on any atom is -0.320 e. The summed E-state index contributed by atoms with van der Waals surface area (Å²) in [5.74, 6) is 0. The molecule has 0 bridgehead atoms. The molecule has 2 heterocycles. The molecule has 0 saturated carbocycles. The van der Waals surface area contributed by atoms with Crippen LogP contribution in [0.25, 0.3) is 10.9 Å². The number of hydrogen-bond acceptors (Lipinski definition) is 3. The highest BCUT2D eigenvalue weighted by Crippen LogP contribution is 2.31. The molecule has 3 rings (SSSR count). The Hall–Kier alpha value is -1.71. The summed E-state index contributed by atoms with van der Waals surface area (Å²) in [6.07, 6.45) is 1.82. The number of fused-ring (bicyclic) bond motifs is 1. The van der Waals surface area contributed by atoms with Crippen LogP contribution in [0.15, 0.2) is 42.6 Å². The molecule has 1 aromatic carbocycles. The predicted octanol–water partition coefficient (Wildman–Crippen LogP) is 3.96. The molecule has 2 N–H and O–H groups in total. The van der Waals surface area contributed by atoms with Gasteiger partial charge in [0, 0.05) is 26.9 Å². The van der Waals surface area contributed by atoms with E-state index in [4.69, 9.17) is 5.73 Å². The van der Waals surface area contributed by atoms with E-state index in [1.165, 1.54) is 15.3 Å². The molecule has 0 spiro atoms. The molecule has 0 aliphatic carbocycles. The Morgan fingerprint density at radius 1 is 1.16 bits per heavy atom. The van der Waals surface area contributed by atoms with Crippen LogP contribution < -0.4 is 5.73 Å². The number of nitrogens with two attached hydrogens (primary N) is 1. The molecule has 0 aliphatic heterocycles. The van der Waals surface area contributed by atoms with Gasteiger partial charge in [0.2, 0.25) is 0 Å². The first kappa shape index (κ1) is 12.3. The number of aromatic nitrogens is 1. The van der Waals surface area contributed by atoms with Crippen LogP contribution in [0.1, 0.15) is 26.9 Å². The summed E-state index contributed by atoms with van der Waals surface area (Å²) in [6.45, 7) is 4.26. The predicted molar refractivity (Wildman–Crippen MR) is 81.6 cm³/mol. The van der Waals surface area contributed by atoms with E-state index in [2.05, 4.69) is 43.1 Å². The Labute approximate surface area is 116 Å². The van der Waals surface area contributed by atoms with Crippen molar-refractivity contribution in [3.8, 4) is 0 Å². The van der Waals surface area contributed by atoms with E-state index in [1.807, 2.05) is 18.3 Å². The third kappa shape index (κ3) is 2.15. The molecule has 2 nitrogen and oxygen atoms in total. The van der Waals surface area contributed by atoms with Gasteiger partial charge in [-0.15, -0.1) is 11.3 Å². The summed E-state index contributed by atoms with van der Waals surface area (Å²) in [5.41, 5.74) is 9.84. The van der Waals surface area contributed by atoms with Gasteiger partial charge in [0.15, 0.2) is 0 Å². The first-order valence-corrected chi connectivity index (χ1v) is 7.14. The number of hydrogen-bond donors (Lipinski definition) is 1. The van der Waals surface area contributed by atoms with Crippen molar-refractivity contribution >= 4 is 22.2 Å². The molecule has 0 saturated heterocycles. The highest BCUT2D eigenvalue weighted by atomic mass is 32.1. The summed E-state index contributed by atoms with van der Waals surface area (Å²) < 4.78 is 0. The molecule has 1 atom stereocenters. The fourth-order valence-electron chi connectivity index (χ4n) is 2.29. The standard InChI is InChI=1S/C16H16N2S/c1-10-9-14(19-11(10)2)15(17)13-7-3-5-12-6-4-8-18-16(12)13/h3-9,15H,17H2,1-2H3. The zero-order valence-electron chi connectivity index (χ0n) is 11.1. The lowest BCUT2D eigenvalue weighted by Crippen LogP contribution is -2.11. The minimum absolute atomic E-state index is 0.101. The van der Waals surface area contributed by atoms with Crippen molar-refractivity contribution in [3.63, 3.8) is 0 Å². The Morgan fingerprint density at radius 2 is 1.95 bits per heavy atom. The van der Waals surface area contributed by atoms with Crippen molar-refractivity contribution in [3.05, 3.63) is 63.5 Å². The van der Waals surface area contributed by atoms with Crippen LogP contribution >= 0.6 is 11.3 Å². The van der Waals surface area contributed by atoms with E-state index in [0.29, 0.717) is 0 Å². The van der Waals surface area contributed by atoms with Crippen LogP contribution in [0.5, 0.6) is 0 Å². The van der Waals surface area contributed by atoms with Crippen molar-refractivity contribution in [2.75, 3.05) is 0 Å². The van der Waals surface area contributed by atoms with Gasteiger partial charge >= 0.3 is 0 Å². The molecule has 19 heavy (non-hydrogen) atoms. The van der Waals surface area contributed by atoms with Crippen molar-refractivity contribution in [1.29, 1.82) is 0 Å². The normalized spacial score (nSPS) is 12.8. The maximum Gasteiger partial charge on any atom is 0.0753 e. The van der Waals surface area contributed by atoms with Gasteiger partial charge in [0.25, 0.3) is 0 Å². The number of benzene rings is 1. The van der Waals surface area contributed by atoms with Crippen molar-refractivity contribution in [1.82, 2.24) is 4.98 Å². The molecular weight excluding hydrogens is 252 g/mol. The Balaban J connectivity index is 2.13. The Kier molecular flexibility index (Phi) is 3.09. The second kappa shape index (κ2) is 4.76. The number of aryl methyl sites for hydroxylation is 2. The zero-order valence-corrected chi connectivity index (χ0v) is 11.9. The Morgan fingerprint density at radius 3 is 2.68 bits per heavy atom. The lowest BCUT2D eigenvalue weighted by molar-refractivity contribution is 0.899. The highest BCUT2D eigenvalue weighted by Gasteiger charge is 2.15. The van der Waals surface area contributed by atoms with Crippen LogP contribution in [-0.2, 0) is 0 Å². The van der Waals surface area contributed by atoms with Crippen LogP contribution in [0.2, 0.25) is 0 Å². The van der Waals surface area contributed by atoms with Gasteiger partial charge in [-0.2, -0.15) is 0 Å². The van der Waals surface area contributed by atoms with Gasteiger partial charge in [0.1, 0.15) is 0 Å². The minimum atomic E-state index is -0.101. The maximum absolute atomic E-state index is 6.44. The fraction of sp³-hybridized carbons (Fsp3) is 0.188. The summed E-state index contributed by atoms with van der Waals surface area (Å²) in [4.78, 5) is 7.02. The van der Waals surface area contributed by atoms with Crippen molar-refractivity contribution < 1.29 is 0 Å². The van der Waals surface area contributed by atoms with Gasteiger partial charge < -0.3 is 5.73 Å². The number of nitrogens with zero attached hydrogens (tertiary/aromatic N) is 1. The summed E-state index contributed by atoms with van der Waals surface area (Å²) in [5, 5.41) is 1.14. The molecule has 1 unspecified atom stereocenters. The molecule has 3 heteroatoms. The second-order valence-corrected chi connectivity index (χ2v) is 6.08. The monoisotopic (exact) mass is 268 g/mol. The van der Waals surface area contributed by atoms with Crippen molar-refractivity contribution in [2.24, 2.45) is 5.73 Å². The maximum atomic E-state index is 6.44. The highest BCUT2D eigenvalue weighted by molar-refractivity contribution is 7.12. The van der Waals surface area contributed by atoms with E-state index >= 15 is 0 Å². The molecular formula is C16H16N2S. The van der Waals surface area contributed by atoms with E-state index < -0.39 is 0 Å². The molecule has 3 aromatic rings. The van der Waals surface area contributed by atoms with Crippen LogP contribution in [0, 0.1) is 13.8 Å². The van der Waals surface area contributed by atoms with E-state index in [1.54, 1.807) is 11.3 Å². The zero-order chi connectivity index (χ0) is 13.4. The first-order valence-electron chi connectivity index (χ1n) is 6.33. The topological polar surface area (TPSA) is 38.9 Å². The summed E-state index contributed by atoms with van der Waals surface area (Å²) >= 11 is 1.77. The third-order valence-electron chi connectivity index (χ3n) is 3.49. The molecule has 0 fully saturated rings. The number of rotatable bonds is 2. The van der Waals surface area contributed by atoms with E-state index in [0.717, 1.165) is 16.5 Å². The van der Waals surface area contributed by atoms with Crippen molar-refractivity contribution in [2.45, 2.75) is 19.9 Å². The van der Waals surface area contributed by atoms with Gasteiger partial charge in [-0.1, -0.05) is 24.3 Å². The third-order valence-corrected chi connectivity index (χ3v) is 4.73. The number of pyridine rings is 1. The lowest BCUT2D eigenvalue weighted by atomic mass is 10.0. The summed E-state index contributed by atoms with van der Waals surface area (Å²) in [6, 6.07) is 12.3. The van der Waals surface area contributed by atoms with Gasteiger partial charge in [-0.05, 0) is 31.5 Å². The van der Waals surface area contributed by atoms with Gasteiger partial charge in [-0.3, -0.25) is 4.98 Å². The average Bonchev–Trinajstić information content (AvgIpc) is 2.77. The van der Waals surface area contributed by atoms with E-state index in [9.17, 15) is 0 Å². The SMILES string of the molecule is Cc1cc(C(N)c2cccc3cccnc23)sc1C. The number of thiophene rings is 1. The Bertz CT molecular complexity index is 706. The molecule has 0 aliphatic rings. The quantitative estimate of drug-likeness (QED) is 0.764. The van der Waals surface area contributed by atoms with Crippen LogP contribution in [0.4, 0.5) is 0 Å². The lowest BCUT2D eigenvalue weighted by Gasteiger charge is -2.12. The van der Waals surface area contributed by atoms with Gasteiger partial charge in [-0.25, -0.2) is 0 Å². The molecule has 0 radical (unpaired) electrons. The molecule has 96 valence electrons.